The number of benzene rings is 1. The molecule has 4 heteroatoms. The van der Waals surface area contributed by atoms with Crippen molar-refractivity contribution >= 4 is 22.7 Å². The second-order valence-electron chi connectivity index (χ2n) is 4.03. The molecule has 4 nitrogen and oxygen atoms in total. The first kappa shape index (κ1) is 8.59. The van der Waals surface area contributed by atoms with Gasteiger partial charge in [0.05, 0.1) is 11.0 Å². The summed E-state index contributed by atoms with van der Waals surface area (Å²) in [6.45, 7) is 2.21. The van der Waals surface area contributed by atoms with Gasteiger partial charge in [-0.25, -0.2) is 4.98 Å². The fourth-order valence-corrected chi connectivity index (χ4v) is 2.09. The third kappa shape index (κ3) is 1.42. The molecule has 15 heavy (non-hydrogen) atoms. The molecule has 1 fully saturated rings. The average molecular weight is 202 g/mol. The first-order valence-electron chi connectivity index (χ1n) is 5.33. The van der Waals surface area contributed by atoms with Crippen molar-refractivity contribution in [2.24, 2.45) is 0 Å². The lowest BCUT2D eigenvalue weighted by atomic mass is 10.3. The molecule has 1 aliphatic heterocycles. The Balaban J connectivity index is 2.05. The van der Waals surface area contributed by atoms with Crippen LogP contribution in [0.4, 0.5) is 11.6 Å². The predicted octanol–water partition coefficient (Wildman–Crippen LogP) is 1.75. The molecular formula is C11H14N4. The normalized spacial score (nSPS) is 16.4. The van der Waals surface area contributed by atoms with Crippen molar-refractivity contribution < 1.29 is 0 Å². The number of nitrogens with one attached hydrogen (secondary N) is 1. The van der Waals surface area contributed by atoms with Crippen molar-refractivity contribution in [3.8, 4) is 0 Å². The van der Waals surface area contributed by atoms with Gasteiger partial charge in [0.25, 0.3) is 0 Å². The topological polar surface area (TPSA) is 57.9 Å². The highest BCUT2D eigenvalue weighted by molar-refractivity contribution is 5.80. The Morgan fingerprint density at radius 1 is 1.27 bits per heavy atom. The van der Waals surface area contributed by atoms with Gasteiger partial charge >= 0.3 is 0 Å². The third-order valence-corrected chi connectivity index (χ3v) is 2.90. The van der Waals surface area contributed by atoms with Crippen LogP contribution in [0, 0.1) is 0 Å². The van der Waals surface area contributed by atoms with Crippen molar-refractivity contribution in [2.45, 2.75) is 12.8 Å². The minimum absolute atomic E-state index is 0.766. The maximum absolute atomic E-state index is 5.72. The molecule has 0 saturated carbocycles. The van der Waals surface area contributed by atoms with E-state index in [0.29, 0.717) is 0 Å². The molecule has 2 heterocycles. The molecule has 3 N–H and O–H groups in total. The van der Waals surface area contributed by atoms with Crippen LogP contribution in [0.25, 0.3) is 11.0 Å². The van der Waals surface area contributed by atoms with Gasteiger partial charge in [-0.2, -0.15) is 0 Å². The number of H-pyrrole nitrogens is 1. The molecule has 1 saturated heterocycles. The van der Waals surface area contributed by atoms with E-state index in [9.17, 15) is 0 Å². The van der Waals surface area contributed by atoms with E-state index in [2.05, 4.69) is 14.9 Å². The molecule has 1 aromatic heterocycles. The zero-order valence-electron chi connectivity index (χ0n) is 8.53. The molecule has 2 aromatic rings. The molecule has 1 aromatic carbocycles. The molecule has 0 bridgehead atoms. The van der Waals surface area contributed by atoms with Crippen molar-refractivity contribution in [1.29, 1.82) is 0 Å². The molecule has 0 atom stereocenters. The van der Waals surface area contributed by atoms with Gasteiger partial charge in [0.1, 0.15) is 0 Å². The highest BCUT2D eigenvalue weighted by atomic mass is 15.3. The summed E-state index contributed by atoms with van der Waals surface area (Å²) in [6, 6.07) is 5.79. The summed E-state index contributed by atoms with van der Waals surface area (Å²) >= 11 is 0. The van der Waals surface area contributed by atoms with Gasteiger partial charge in [0, 0.05) is 18.8 Å². The fourth-order valence-electron chi connectivity index (χ4n) is 2.09. The Hall–Kier alpha value is -1.71. The number of fused-ring (bicyclic) bond motifs is 1. The van der Waals surface area contributed by atoms with Crippen LogP contribution in [0.3, 0.4) is 0 Å². The number of nitrogens with zero attached hydrogens (tertiary/aromatic N) is 2. The van der Waals surface area contributed by atoms with Crippen LogP contribution < -0.4 is 10.6 Å². The lowest BCUT2D eigenvalue weighted by Gasteiger charge is -2.12. The second-order valence-corrected chi connectivity index (χ2v) is 4.03. The van der Waals surface area contributed by atoms with Crippen LogP contribution in [-0.4, -0.2) is 23.1 Å². The van der Waals surface area contributed by atoms with Crippen LogP contribution in [-0.2, 0) is 0 Å². The summed E-state index contributed by atoms with van der Waals surface area (Å²) in [5.41, 5.74) is 8.50. The molecule has 78 valence electrons. The van der Waals surface area contributed by atoms with Crippen LogP contribution in [0.1, 0.15) is 12.8 Å². The molecule has 0 amide bonds. The number of aromatic amines is 1. The first-order valence-corrected chi connectivity index (χ1v) is 5.33. The van der Waals surface area contributed by atoms with Gasteiger partial charge < -0.3 is 15.6 Å². The standard InChI is InChI=1S/C11H14N4/c12-8-3-4-9-10(7-8)14-11(13-9)15-5-1-2-6-15/h3-4,7H,1-2,5-6,12H2,(H,13,14). The number of hydrogen-bond acceptors (Lipinski definition) is 3. The van der Waals surface area contributed by atoms with Crippen molar-refractivity contribution in [2.75, 3.05) is 23.7 Å². The maximum atomic E-state index is 5.72. The van der Waals surface area contributed by atoms with E-state index < -0.39 is 0 Å². The lowest BCUT2D eigenvalue weighted by molar-refractivity contribution is 0.922. The highest BCUT2D eigenvalue weighted by Gasteiger charge is 2.15. The number of aromatic nitrogens is 2. The molecule has 1 aliphatic rings. The van der Waals surface area contributed by atoms with Gasteiger partial charge in [-0.1, -0.05) is 0 Å². The Labute approximate surface area is 88.1 Å². The van der Waals surface area contributed by atoms with Gasteiger partial charge in [-0.3, -0.25) is 0 Å². The lowest BCUT2D eigenvalue weighted by Crippen LogP contribution is -2.18. The Morgan fingerprint density at radius 2 is 2.07 bits per heavy atom. The van der Waals surface area contributed by atoms with E-state index in [1.807, 2.05) is 18.2 Å². The molecular weight excluding hydrogens is 188 g/mol. The fraction of sp³-hybridized carbons (Fsp3) is 0.364. The molecule has 3 rings (SSSR count). The predicted molar refractivity (Wildman–Crippen MR) is 62.0 cm³/mol. The number of anilines is 2. The van der Waals surface area contributed by atoms with Crippen molar-refractivity contribution in [1.82, 2.24) is 9.97 Å². The van der Waals surface area contributed by atoms with E-state index in [1.165, 1.54) is 12.8 Å². The summed E-state index contributed by atoms with van der Waals surface area (Å²) in [7, 11) is 0. The molecule has 0 radical (unpaired) electrons. The number of hydrogen-bond donors (Lipinski definition) is 2. The maximum Gasteiger partial charge on any atom is 0.203 e. The van der Waals surface area contributed by atoms with Gasteiger partial charge in [-0.05, 0) is 31.0 Å². The van der Waals surface area contributed by atoms with E-state index in [0.717, 1.165) is 35.8 Å². The van der Waals surface area contributed by atoms with Crippen LogP contribution in [0.15, 0.2) is 18.2 Å². The monoisotopic (exact) mass is 202 g/mol. The SMILES string of the molecule is Nc1ccc2[nH]c(N3CCCC3)nc2c1. The van der Waals surface area contributed by atoms with E-state index in [-0.39, 0.29) is 0 Å². The zero-order chi connectivity index (χ0) is 10.3. The molecule has 0 spiro atoms. The van der Waals surface area contributed by atoms with Gasteiger partial charge in [0.15, 0.2) is 0 Å². The molecule has 0 unspecified atom stereocenters. The third-order valence-electron chi connectivity index (χ3n) is 2.90. The van der Waals surface area contributed by atoms with Crippen LogP contribution in [0.2, 0.25) is 0 Å². The van der Waals surface area contributed by atoms with Crippen LogP contribution in [0.5, 0.6) is 0 Å². The summed E-state index contributed by atoms with van der Waals surface area (Å²) in [4.78, 5) is 10.2. The smallest absolute Gasteiger partial charge is 0.203 e. The van der Waals surface area contributed by atoms with Gasteiger partial charge in [-0.15, -0.1) is 0 Å². The summed E-state index contributed by atoms with van der Waals surface area (Å²) < 4.78 is 0. The van der Waals surface area contributed by atoms with E-state index in [4.69, 9.17) is 5.73 Å². The average Bonchev–Trinajstić information content (AvgIpc) is 2.84. The number of nitrogen functional groups attached to an aromatic ring is 1. The Bertz CT molecular complexity index is 482. The van der Waals surface area contributed by atoms with E-state index in [1.54, 1.807) is 0 Å². The number of nitrogens with two attached hydrogens (primary N) is 1. The first-order chi connectivity index (χ1) is 7.33. The van der Waals surface area contributed by atoms with Crippen LogP contribution >= 0.6 is 0 Å². The van der Waals surface area contributed by atoms with E-state index >= 15 is 0 Å². The number of imidazole rings is 1. The quantitative estimate of drug-likeness (QED) is 0.692. The Kier molecular flexibility index (Phi) is 1.80. The second kappa shape index (κ2) is 3.15. The highest BCUT2D eigenvalue weighted by Crippen LogP contribution is 2.22. The van der Waals surface area contributed by atoms with Crippen molar-refractivity contribution in [3.05, 3.63) is 18.2 Å². The van der Waals surface area contributed by atoms with Gasteiger partial charge in [0.2, 0.25) is 5.95 Å². The summed E-state index contributed by atoms with van der Waals surface area (Å²) in [6.07, 6.45) is 2.53. The molecule has 0 aliphatic carbocycles. The van der Waals surface area contributed by atoms with Crippen molar-refractivity contribution in [3.63, 3.8) is 0 Å². The Morgan fingerprint density at radius 3 is 2.87 bits per heavy atom. The zero-order valence-corrected chi connectivity index (χ0v) is 8.53. The minimum Gasteiger partial charge on any atom is -0.399 e. The largest absolute Gasteiger partial charge is 0.399 e. The minimum atomic E-state index is 0.766. The summed E-state index contributed by atoms with van der Waals surface area (Å²) in [5, 5.41) is 0. The number of rotatable bonds is 1. The summed E-state index contributed by atoms with van der Waals surface area (Å²) in [5.74, 6) is 0.980.